The second-order valence-corrected chi connectivity index (χ2v) is 7.66. The van der Waals surface area contributed by atoms with Crippen LogP contribution in [0, 0.1) is 5.92 Å². The summed E-state index contributed by atoms with van der Waals surface area (Å²) in [6, 6.07) is 4.15. The smallest absolute Gasteiger partial charge is 0.128 e. The molecule has 0 atom stereocenters. The van der Waals surface area contributed by atoms with Gasteiger partial charge < -0.3 is 9.80 Å². The summed E-state index contributed by atoms with van der Waals surface area (Å²) in [4.78, 5) is 9.10. The molecule has 0 N–H and O–H groups in total. The first-order chi connectivity index (χ1) is 13.5. The number of aromatic nitrogens is 5. The number of anilines is 2. The minimum absolute atomic E-state index is 0.601. The summed E-state index contributed by atoms with van der Waals surface area (Å²) in [5.41, 5.74) is 4.99. The molecule has 0 unspecified atom stereocenters. The minimum atomic E-state index is 0.601. The molecule has 0 saturated carbocycles. The third kappa shape index (κ3) is 3.28. The van der Waals surface area contributed by atoms with Crippen LogP contribution in [0.2, 0.25) is 0 Å². The molecule has 0 fully saturated rings. The van der Waals surface area contributed by atoms with E-state index in [4.69, 9.17) is 5.10 Å². The highest BCUT2D eigenvalue weighted by Crippen LogP contribution is 2.35. The van der Waals surface area contributed by atoms with E-state index >= 15 is 0 Å². The first-order valence-corrected chi connectivity index (χ1v) is 9.71. The van der Waals surface area contributed by atoms with Gasteiger partial charge in [-0.2, -0.15) is 10.2 Å². The van der Waals surface area contributed by atoms with Crippen molar-refractivity contribution in [3.8, 4) is 5.69 Å². The van der Waals surface area contributed by atoms with Gasteiger partial charge in [-0.25, -0.2) is 9.67 Å². The van der Waals surface area contributed by atoms with Gasteiger partial charge >= 0.3 is 0 Å². The Labute approximate surface area is 165 Å². The lowest BCUT2D eigenvalue weighted by Gasteiger charge is -2.24. The number of rotatable bonds is 6. The van der Waals surface area contributed by atoms with E-state index in [-0.39, 0.29) is 0 Å². The van der Waals surface area contributed by atoms with Gasteiger partial charge in [0.05, 0.1) is 36.0 Å². The third-order valence-electron chi connectivity index (χ3n) is 5.01. The molecule has 0 aromatic carbocycles. The fourth-order valence-corrected chi connectivity index (χ4v) is 3.62. The predicted octanol–water partition coefficient (Wildman–Crippen LogP) is 3.47. The number of aryl methyl sites for hydroxylation is 1. The van der Waals surface area contributed by atoms with E-state index in [2.05, 4.69) is 65.6 Å². The number of hydrogen-bond acceptors (Lipinski definition) is 5. The summed E-state index contributed by atoms with van der Waals surface area (Å²) in [6.45, 7) is 13.6. The van der Waals surface area contributed by atoms with Crippen LogP contribution in [0.15, 0.2) is 43.5 Å². The molecule has 4 rings (SSSR count). The minimum Gasteiger partial charge on any atom is -0.357 e. The molecule has 1 aliphatic rings. The fraction of sp³-hybridized carbons (Fsp3) is 0.381. The van der Waals surface area contributed by atoms with Crippen molar-refractivity contribution in [1.82, 2.24) is 24.5 Å². The lowest BCUT2D eigenvalue weighted by Crippen LogP contribution is -2.28. The van der Waals surface area contributed by atoms with E-state index in [1.54, 1.807) is 4.68 Å². The molecule has 4 heterocycles. The Morgan fingerprint density at radius 1 is 1.18 bits per heavy atom. The van der Waals surface area contributed by atoms with Crippen molar-refractivity contribution in [2.45, 2.75) is 27.3 Å². The van der Waals surface area contributed by atoms with Crippen LogP contribution < -0.4 is 9.80 Å². The van der Waals surface area contributed by atoms with Gasteiger partial charge in [0.1, 0.15) is 11.5 Å². The van der Waals surface area contributed by atoms with E-state index in [0.717, 1.165) is 53.8 Å². The van der Waals surface area contributed by atoms with Crippen LogP contribution in [0.1, 0.15) is 32.0 Å². The van der Waals surface area contributed by atoms with E-state index in [1.807, 2.05) is 30.3 Å². The van der Waals surface area contributed by atoms with Crippen molar-refractivity contribution in [1.29, 1.82) is 0 Å². The lowest BCUT2D eigenvalue weighted by atomic mass is 10.2. The topological polar surface area (TPSA) is 55.0 Å². The first-order valence-electron chi connectivity index (χ1n) is 9.71. The van der Waals surface area contributed by atoms with Crippen LogP contribution in [0.25, 0.3) is 11.4 Å². The normalized spacial score (nSPS) is 13.5. The Kier molecular flexibility index (Phi) is 4.66. The number of pyridine rings is 1. The first kappa shape index (κ1) is 18.3. The van der Waals surface area contributed by atoms with E-state index in [9.17, 15) is 0 Å². The summed E-state index contributed by atoms with van der Waals surface area (Å²) in [6.07, 6.45) is 7.80. The Bertz CT molecular complexity index is 981. The van der Waals surface area contributed by atoms with Crippen molar-refractivity contribution in [2.24, 2.45) is 13.0 Å². The summed E-state index contributed by atoms with van der Waals surface area (Å²) in [5, 5.41) is 9.01. The molecule has 3 aromatic rings. The summed E-state index contributed by atoms with van der Waals surface area (Å²) in [7, 11) is 1.92. The molecule has 0 radical (unpaired) electrons. The largest absolute Gasteiger partial charge is 0.357 e. The molecule has 7 heteroatoms. The number of nitrogens with zero attached hydrogens (tertiary/aromatic N) is 7. The summed E-state index contributed by atoms with van der Waals surface area (Å²) in [5.74, 6) is 1.61. The molecule has 7 nitrogen and oxygen atoms in total. The van der Waals surface area contributed by atoms with Gasteiger partial charge in [0.15, 0.2) is 0 Å². The molecule has 0 bridgehead atoms. The van der Waals surface area contributed by atoms with Crippen molar-refractivity contribution in [3.63, 3.8) is 0 Å². The molecular formula is C21H27N7. The Balaban J connectivity index is 1.54. The Morgan fingerprint density at radius 3 is 2.57 bits per heavy atom. The molecule has 0 spiro atoms. The van der Waals surface area contributed by atoms with Gasteiger partial charge in [-0.3, -0.25) is 4.68 Å². The average molecular weight is 377 g/mol. The Hall–Kier alpha value is -3.09. The zero-order valence-electron chi connectivity index (χ0n) is 17.0. The predicted molar refractivity (Wildman–Crippen MR) is 113 cm³/mol. The zero-order chi connectivity index (χ0) is 19.8. The van der Waals surface area contributed by atoms with Crippen LogP contribution in [0.4, 0.5) is 11.5 Å². The van der Waals surface area contributed by atoms with Gasteiger partial charge in [0, 0.05) is 38.1 Å². The van der Waals surface area contributed by atoms with Crippen LogP contribution >= 0.6 is 0 Å². The fourth-order valence-electron chi connectivity index (χ4n) is 3.62. The molecule has 0 aliphatic carbocycles. The maximum atomic E-state index is 4.76. The van der Waals surface area contributed by atoms with E-state index < -0.39 is 0 Å². The molecule has 146 valence electrons. The van der Waals surface area contributed by atoms with E-state index in [1.165, 1.54) is 0 Å². The molecule has 3 aromatic heterocycles. The second kappa shape index (κ2) is 7.14. The maximum Gasteiger partial charge on any atom is 0.128 e. The molecule has 0 amide bonds. The van der Waals surface area contributed by atoms with Crippen LogP contribution in [0.3, 0.4) is 0 Å². The van der Waals surface area contributed by atoms with Crippen LogP contribution in [-0.2, 0) is 13.6 Å². The molecule has 28 heavy (non-hydrogen) atoms. The van der Waals surface area contributed by atoms with Gasteiger partial charge in [0.25, 0.3) is 0 Å². The molecule has 0 saturated heterocycles. The quantitative estimate of drug-likeness (QED) is 0.658. The second-order valence-electron chi connectivity index (χ2n) is 7.66. The van der Waals surface area contributed by atoms with Crippen molar-refractivity contribution >= 4 is 17.2 Å². The highest BCUT2D eigenvalue weighted by Gasteiger charge is 2.28. The van der Waals surface area contributed by atoms with Crippen LogP contribution in [-0.4, -0.2) is 37.6 Å². The summed E-state index contributed by atoms with van der Waals surface area (Å²) < 4.78 is 3.69. The highest BCUT2D eigenvalue weighted by molar-refractivity contribution is 5.81. The van der Waals surface area contributed by atoms with Gasteiger partial charge in [-0.15, -0.1) is 0 Å². The van der Waals surface area contributed by atoms with Crippen molar-refractivity contribution in [2.75, 3.05) is 22.9 Å². The molecular weight excluding hydrogens is 350 g/mol. The SMILES string of the molecule is C=C1c2nn(-c3ccc(N(CC)CC(C)C)nc3)cc2CN1c1cnn(C)c1. The monoisotopic (exact) mass is 377 g/mol. The lowest BCUT2D eigenvalue weighted by molar-refractivity contribution is 0.614. The van der Waals surface area contributed by atoms with Gasteiger partial charge in [0.2, 0.25) is 0 Å². The average Bonchev–Trinajstić information content (AvgIpc) is 3.36. The molecule has 1 aliphatic heterocycles. The summed E-state index contributed by atoms with van der Waals surface area (Å²) >= 11 is 0. The number of fused-ring (bicyclic) bond motifs is 1. The Morgan fingerprint density at radius 2 is 2.00 bits per heavy atom. The van der Waals surface area contributed by atoms with Crippen LogP contribution in [0.5, 0.6) is 0 Å². The standard InChI is InChI=1S/C21H27N7/c1-6-26(11-15(2)3)20-8-7-18(9-22-20)28-13-17-12-27(16(4)21(17)24-28)19-10-23-25(5)14-19/h7-10,13-15H,4,6,11-12H2,1-3,5H3. The van der Waals surface area contributed by atoms with Crippen molar-refractivity contribution in [3.05, 3.63) is 54.8 Å². The van der Waals surface area contributed by atoms with Crippen molar-refractivity contribution < 1.29 is 0 Å². The number of hydrogen-bond donors (Lipinski definition) is 0. The third-order valence-corrected chi connectivity index (χ3v) is 5.01. The van der Waals surface area contributed by atoms with Gasteiger partial charge in [-0.1, -0.05) is 20.4 Å². The zero-order valence-corrected chi connectivity index (χ0v) is 17.0. The van der Waals surface area contributed by atoms with E-state index in [0.29, 0.717) is 5.92 Å². The highest BCUT2D eigenvalue weighted by atomic mass is 15.3. The maximum absolute atomic E-state index is 4.76. The van der Waals surface area contributed by atoms with Gasteiger partial charge in [-0.05, 0) is 25.0 Å².